The Balaban J connectivity index is 1.18. The van der Waals surface area contributed by atoms with E-state index in [-0.39, 0.29) is 0 Å². The Bertz CT molecular complexity index is 2520. The fraction of sp³-hybridized carbons (Fsp3) is 0. The highest BCUT2D eigenvalue weighted by atomic mass is 15.0. The second-order valence-electron chi connectivity index (χ2n) is 11.9. The van der Waals surface area contributed by atoms with E-state index in [1.165, 1.54) is 0 Å². The van der Waals surface area contributed by atoms with Gasteiger partial charge in [-0.1, -0.05) is 140 Å². The summed E-state index contributed by atoms with van der Waals surface area (Å²) in [6.45, 7) is 0. The molecule has 1 heterocycles. The molecule has 50 heavy (non-hydrogen) atoms. The highest BCUT2D eigenvalue weighted by Gasteiger charge is 2.14. The van der Waals surface area contributed by atoms with Crippen LogP contribution in [0.25, 0.3) is 78.3 Å². The standard InChI is InChI=1S/C45H27N5/c46-28-30-8-7-13-38(26-30)32-15-17-33(18-16-32)39-24-25-40(42-27-31(29-47)14-23-41(39)42)34-19-21-37(22-20-34)45-49-43(35-9-3-1-4-10-35)48-44(50-45)36-11-5-2-6-12-36/h1-27H. The molecule has 0 bridgehead atoms. The molecule has 0 atom stereocenters. The number of nitrogens with zero attached hydrogens (tertiary/aromatic N) is 5. The summed E-state index contributed by atoms with van der Waals surface area (Å²) in [5.74, 6) is 1.83. The SMILES string of the molecule is N#Cc1cccc(-c2ccc(-c3ccc(-c4ccc(-c5nc(-c6ccccc6)nc(-c6ccccc6)n5)cc4)c4cc(C#N)ccc34)cc2)c1. The summed E-state index contributed by atoms with van der Waals surface area (Å²) in [5.41, 5.74) is 10.2. The van der Waals surface area contributed by atoms with E-state index in [2.05, 4.69) is 60.7 Å². The lowest BCUT2D eigenvalue weighted by Crippen LogP contribution is -2.00. The minimum atomic E-state index is 0.596. The molecule has 0 aliphatic heterocycles. The molecule has 8 aromatic rings. The average molecular weight is 638 g/mol. The largest absolute Gasteiger partial charge is 0.208 e. The van der Waals surface area contributed by atoms with Gasteiger partial charge in [0.15, 0.2) is 17.5 Å². The molecular formula is C45H27N5. The molecule has 0 saturated heterocycles. The maximum atomic E-state index is 9.80. The molecular weight excluding hydrogens is 611 g/mol. The van der Waals surface area contributed by atoms with Crippen molar-refractivity contribution in [1.82, 2.24) is 15.0 Å². The second-order valence-corrected chi connectivity index (χ2v) is 11.9. The van der Waals surface area contributed by atoms with Crippen LogP contribution in [-0.4, -0.2) is 15.0 Å². The summed E-state index contributed by atoms with van der Waals surface area (Å²) in [4.78, 5) is 14.6. The minimum absolute atomic E-state index is 0.596. The zero-order valence-electron chi connectivity index (χ0n) is 26.8. The third kappa shape index (κ3) is 5.88. The molecule has 232 valence electrons. The molecule has 5 nitrogen and oxygen atoms in total. The van der Waals surface area contributed by atoms with Gasteiger partial charge in [-0.3, -0.25) is 0 Å². The van der Waals surface area contributed by atoms with Gasteiger partial charge in [-0.2, -0.15) is 10.5 Å². The molecule has 5 heteroatoms. The van der Waals surface area contributed by atoms with Crippen LogP contribution in [0.15, 0.2) is 164 Å². The first kappa shape index (κ1) is 30.1. The Morgan fingerprint density at radius 1 is 0.320 bits per heavy atom. The summed E-state index contributed by atoms with van der Waals surface area (Å²) in [6, 6.07) is 58.9. The number of hydrogen-bond donors (Lipinski definition) is 0. The van der Waals surface area contributed by atoms with Gasteiger partial charge in [-0.05, 0) is 68.4 Å². The average Bonchev–Trinajstić information content (AvgIpc) is 3.21. The fourth-order valence-electron chi connectivity index (χ4n) is 6.27. The van der Waals surface area contributed by atoms with E-state index >= 15 is 0 Å². The number of hydrogen-bond acceptors (Lipinski definition) is 5. The van der Waals surface area contributed by atoms with Gasteiger partial charge in [-0.15, -0.1) is 0 Å². The van der Waals surface area contributed by atoms with Gasteiger partial charge in [0.2, 0.25) is 0 Å². The van der Waals surface area contributed by atoms with Crippen molar-refractivity contribution in [3.8, 4) is 79.7 Å². The lowest BCUT2D eigenvalue weighted by Gasteiger charge is -2.14. The molecule has 7 aromatic carbocycles. The van der Waals surface area contributed by atoms with Crippen LogP contribution in [0.2, 0.25) is 0 Å². The quantitative estimate of drug-likeness (QED) is 0.181. The van der Waals surface area contributed by atoms with Crippen LogP contribution in [0, 0.1) is 22.7 Å². The van der Waals surface area contributed by atoms with Gasteiger partial charge >= 0.3 is 0 Å². The minimum Gasteiger partial charge on any atom is -0.208 e. The predicted octanol–water partition coefficient (Wildman–Crippen LogP) is 10.8. The molecule has 0 saturated carbocycles. The highest BCUT2D eigenvalue weighted by Crippen LogP contribution is 2.38. The summed E-state index contributed by atoms with van der Waals surface area (Å²) < 4.78 is 0. The Labute approximate surface area is 290 Å². The fourth-order valence-corrected chi connectivity index (χ4v) is 6.27. The number of rotatable bonds is 6. The van der Waals surface area contributed by atoms with E-state index in [0.29, 0.717) is 28.6 Å². The molecule has 0 aliphatic carbocycles. The topological polar surface area (TPSA) is 86.2 Å². The zero-order chi connectivity index (χ0) is 33.9. The molecule has 0 amide bonds. The maximum Gasteiger partial charge on any atom is 0.164 e. The van der Waals surface area contributed by atoms with E-state index in [9.17, 15) is 10.5 Å². The van der Waals surface area contributed by atoms with Gasteiger partial charge in [-0.25, -0.2) is 15.0 Å². The summed E-state index contributed by atoms with van der Waals surface area (Å²) in [7, 11) is 0. The van der Waals surface area contributed by atoms with Crippen molar-refractivity contribution in [2.75, 3.05) is 0 Å². The highest BCUT2D eigenvalue weighted by molar-refractivity contribution is 6.05. The summed E-state index contributed by atoms with van der Waals surface area (Å²) >= 11 is 0. The first-order valence-corrected chi connectivity index (χ1v) is 16.2. The van der Waals surface area contributed by atoms with Crippen molar-refractivity contribution in [1.29, 1.82) is 10.5 Å². The summed E-state index contributed by atoms with van der Waals surface area (Å²) in [5, 5.41) is 21.2. The molecule has 0 radical (unpaired) electrons. The zero-order valence-corrected chi connectivity index (χ0v) is 26.8. The monoisotopic (exact) mass is 637 g/mol. The van der Waals surface area contributed by atoms with Crippen LogP contribution in [0.5, 0.6) is 0 Å². The van der Waals surface area contributed by atoms with Crippen molar-refractivity contribution >= 4 is 10.8 Å². The Morgan fingerprint density at radius 3 is 1.30 bits per heavy atom. The number of nitriles is 2. The number of benzene rings is 7. The summed E-state index contributed by atoms with van der Waals surface area (Å²) in [6.07, 6.45) is 0. The number of aromatic nitrogens is 3. The Hall–Kier alpha value is -7.21. The Kier molecular flexibility index (Phi) is 7.91. The van der Waals surface area contributed by atoms with E-state index in [1.807, 2.05) is 115 Å². The molecule has 0 spiro atoms. The lowest BCUT2D eigenvalue weighted by molar-refractivity contribution is 1.07. The normalized spacial score (nSPS) is 10.8. The van der Waals surface area contributed by atoms with Gasteiger partial charge in [0.1, 0.15) is 0 Å². The van der Waals surface area contributed by atoms with Crippen LogP contribution in [0.1, 0.15) is 11.1 Å². The predicted molar refractivity (Wildman–Crippen MR) is 199 cm³/mol. The van der Waals surface area contributed by atoms with E-state index in [4.69, 9.17) is 15.0 Å². The Morgan fingerprint density at radius 2 is 0.760 bits per heavy atom. The third-order valence-corrected chi connectivity index (χ3v) is 8.82. The molecule has 8 rings (SSSR count). The van der Waals surface area contributed by atoms with E-state index < -0.39 is 0 Å². The molecule has 1 aromatic heterocycles. The molecule has 0 N–H and O–H groups in total. The van der Waals surface area contributed by atoms with E-state index in [1.54, 1.807) is 0 Å². The molecule has 0 aliphatic rings. The van der Waals surface area contributed by atoms with Crippen molar-refractivity contribution in [3.63, 3.8) is 0 Å². The first-order valence-electron chi connectivity index (χ1n) is 16.2. The lowest BCUT2D eigenvalue weighted by atomic mass is 9.90. The number of fused-ring (bicyclic) bond motifs is 1. The van der Waals surface area contributed by atoms with Crippen molar-refractivity contribution < 1.29 is 0 Å². The van der Waals surface area contributed by atoms with Crippen LogP contribution in [-0.2, 0) is 0 Å². The first-order chi connectivity index (χ1) is 24.7. The molecule has 0 unspecified atom stereocenters. The van der Waals surface area contributed by atoms with Gasteiger partial charge in [0.05, 0.1) is 23.3 Å². The molecule has 0 fully saturated rings. The van der Waals surface area contributed by atoms with Gasteiger partial charge in [0.25, 0.3) is 0 Å². The van der Waals surface area contributed by atoms with Gasteiger partial charge < -0.3 is 0 Å². The van der Waals surface area contributed by atoms with E-state index in [0.717, 1.165) is 60.8 Å². The third-order valence-electron chi connectivity index (χ3n) is 8.82. The van der Waals surface area contributed by atoms with Crippen LogP contribution >= 0.6 is 0 Å². The van der Waals surface area contributed by atoms with Gasteiger partial charge in [0, 0.05) is 16.7 Å². The van der Waals surface area contributed by atoms with Crippen molar-refractivity contribution in [2.45, 2.75) is 0 Å². The van der Waals surface area contributed by atoms with Crippen LogP contribution in [0.4, 0.5) is 0 Å². The maximum absolute atomic E-state index is 9.80. The second kappa shape index (κ2) is 13.1. The van der Waals surface area contributed by atoms with Crippen LogP contribution < -0.4 is 0 Å². The van der Waals surface area contributed by atoms with Crippen molar-refractivity contribution in [3.05, 3.63) is 175 Å². The smallest absolute Gasteiger partial charge is 0.164 e. The van der Waals surface area contributed by atoms with Crippen LogP contribution in [0.3, 0.4) is 0 Å². The van der Waals surface area contributed by atoms with Crippen molar-refractivity contribution in [2.24, 2.45) is 0 Å².